The van der Waals surface area contributed by atoms with E-state index in [-0.39, 0.29) is 31.1 Å². The molecule has 0 amide bonds. The Labute approximate surface area is 505 Å². The van der Waals surface area contributed by atoms with Gasteiger partial charge in [0.1, 0.15) is 13.2 Å². The number of allylic oxidation sites excluding steroid dienone is 8. The Hall–Kier alpha value is -2.63. The van der Waals surface area contributed by atoms with Gasteiger partial charge in [0.25, 0.3) is 0 Å². The van der Waals surface area contributed by atoms with E-state index in [4.69, 9.17) is 14.2 Å². The van der Waals surface area contributed by atoms with Crippen molar-refractivity contribution in [1.82, 2.24) is 0 Å². The van der Waals surface area contributed by atoms with Gasteiger partial charge >= 0.3 is 17.9 Å². The summed E-state index contributed by atoms with van der Waals surface area (Å²) in [7, 11) is 0. The molecule has 1 atom stereocenters. The Balaban J connectivity index is 3.93. The molecule has 0 spiro atoms. The number of ether oxygens (including phenoxy) is 3. The molecule has 0 aromatic heterocycles. The van der Waals surface area contributed by atoms with Gasteiger partial charge in [-0.2, -0.15) is 0 Å². The standard InChI is InChI=1S/C75H138O6/c1-4-7-10-13-15-17-19-21-23-25-27-29-31-33-35-36-37-38-40-41-43-45-47-49-51-53-55-57-59-62-65-68-74(77)80-71-72(70-79-73(76)67-64-61-12-9-6-3)81-75(78)69-66-63-60-58-56-54-52-50-48-46-44-42-39-34-32-30-28-26-24-22-20-18-16-14-11-8-5-2/h19,21,25-28,31,33,72H,4-18,20,22-24,29-30,32,34-71H2,1-3H3/b21-19-,27-25-,28-26-,33-31-. The van der Waals surface area contributed by atoms with Gasteiger partial charge in [-0.05, 0) is 83.5 Å². The first-order valence-electron chi connectivity index (χ1n) is 36.1. The molecule has 0 saturated carbocycles. The molecule has 0 aliphatic heterocycles. The smallest absolute Gasteiger partial charge is 0.306 e. The Kier molecular flexibility index (Phi) is 67.6. The molecule has 6 nitrogen and oxygen atoms in total. The van der Waals surface area contributed by atoms with Crippen molar-refractivity contribution in [2.24, 2.45) is 0 Å². The Bertz CT molecular complexity index is 1400. The quantitative estimate of drug-likeness (QED) is 0.0261. The third-order valence-corrected chi connectivity index (χ3v) is 16.3. The van der Waals surface area contributed by atoms with E-state index in [0.717, 1.165) is 77.0 Å². The van der Waals surface area contributed by atoms with Crippen molar-refractivity contribution in [3.8, 4) is 0 Å². The minimum atomic E-state index is -0.768. The molecule has 0 bridgehead atoms. The highest BCUT2D eigenvalue weighted by Gasteiger charge is 2.19. The fourth-order valence-corrected chi connectivity index (χ4v) is 10.9. The number of rotatable bonds is 67. The second-order valence-corrected chi connectivity index (χ2v) is 24.5. The number of esters is 3. The maximum Gasteiger partial charge on any atom is 0.306 e. The van der Waals surface area contributed by atoms with Gasteiger partial charge in [0.05, 0.1) is 0 Å². The first-order valence-corrected chi connectivity index (χ1v) is 36.1. The minimum Gasteiger partial charge on any atom is -0.462 e. The monoisotopic (exact) mass is 1140 g/mol. The molecule has 0 aromatic carbocycles. The third kappa shape index (κ3) is 68.0. The van der Waals surface area contributed by atoms with Gasteiger partial charge in [0.15, 0.2) is 6.10 Å². The van der Waals surface area contributed by atoms with Crippen LogP contribution in [0.15, 0.2) is 48.6 Å². The molecule has 0 radical (unpaired) electrons. The molecule has 474 valence electrons. The number of hydrogen-bond acceptors (Lipinski definition) is 6. The number of hydrogen-bond donors (Lipinski definition) is 0. The van der Waals surface area contributed by atoms with Gasteiger partial charge in [-0.1, -0.05) is 339 Å². The molecule has 0 rings (SSSR count). The van der Waals surface area contributed by atoms with E-state index >= 15 is 0 Å². The van der Waals surface area contributed by atoms with E-state index < -0.39 is 6.10 Å². The maximum absolute atomic E-state index is 12.9. The number of carbonyl (C=O) groups is 3. The van der Waals surface area contributed by atoms with Crippen LogP contribution >= 0.6 is 0 Å². The fourth-order valence-electron chi connectivity index (χ4n) is 10.9. The topological polar surface area (TPSA) is 78.9 Å². The second kappa shape index (κ2) is 69.9. The SMILES string of the molecule is CCCCCCC/C=C\C/C=C\C/C=C\CCCCCCCCCCCCCCCCCCC(=O)OCC(COC(=O)CCCCCCC)OC(=O)CCCCCCCCCCCCCCCCC/C=C\CCCCCCCCCC. The van der Waals surface area contributed by atoms with Crippen molar-refractivity contribution in [3.63, 3.8) is 0 Å². The highest BCUT2D eigenvalue weighted by molar-refractivity contribution is 5.71. The zero-order valence-corrected chi connectivity index (χ0v) is 54.6. The van der Waals surface area contributed by atoms with Crippen molar-refractivity contribution in [3.05, 3.63) is 48.6 Å². The van der Waals surface area contributed by atoms with Crippen LogP contribution in [0.3, 0.4) is 0 Å². The largest absolute Gasteiger partial charge is 0.462 e. The molecule has 0 aliphatic carbocycles. The molecule has 1 unspecified atom stereocenters. The van der Waals surface area contributed by atoms with Crippen LogP contribution in [0.25, 0.3) is 0 Å². The number of unbranched alkanes of at least 4 members (excludes halogenated alkanes) is 48. The van der Waals surface area contributed by atoms with Gasteiger partial charge in [0, 0.05) is 19.3 Å². The summed E-state index contributed by atoms with van der Waals surface area (Å²) in [6, 6.07) is 0. The van der Waals surface area contributed by atoms with E-state index in [2.05, 4.69) is 69.4 Å². The summed E-state index contributed by atoms with van der Waals surface area (Å²) in [4.78, 5) is 38.0. The van der Waals surface area contributed by atoms with Crippen molar-refractivity contribution in [2.45, 2.75) is 399 Å². The normalized spacial score (nSPS) is 12.3. The highest BCUT2D eigenvalue weighted by Crippen LogP contribution is 2.18. The first kappa shape index (κ1) is 78.4. The fraction of sp³-hybridized carbons (Fsp3) is 0.853. The number of carbonyl (C=O) groups excluding carboxylic acids is 3. The summed E-state index contributed by atoms with van der Waals surface area (Å²) >= 11 is 0. The molecule has 0 aromatic rings. The lowest BCUT2D eigenvalue weighted by Gasteiger charge is -2.18. The van der Waals surface area contributed by atoms with E-state index in [9.17, 15) is 14.4 Å². The van der Waals surface area contributed by atoms with Crippen molar-refractivity contribution < 1.29 is 28.6 Å². The lowest BCUT2D eigenvalue weighted by Crippen LogP contribution is -2.30. The first-order chi connectivity index (χ1) is 40.0. The summed E-state index contributed by atoms with van der Waals surface area (Å²) in [5.74, 6) is -0.859. The second-order valence-electron chi connectivity index (χ2n) is 24.5. The maximum atomic E-state index is 12.9. The van der Waals surface area contributed by atoms with Crippen LogP contribution in [0.4, 0.5) is 0 Å². The molecular weight excluding hydrogens is 997 g/mol. The zero-order chi connectivity index (χ0) is 58.5. The van der Waals surface area contributed by atoms with Crippen LogP contribution in [0.5, 0.6) is 0 Å². The van der Waals surface area contributed by atoms with Crippen molar-refractivity contribution in [2.75, 3.05) is 13.2 Å². The Morgan fingerprint density at radius 3 is 0.704 bits per heavy atom. The van der Waals surface area contributed by atoms with Crippen LogP contribution in [0.2, 0.25) is 0 Å². The molecule has 6 heteroatoms. The van der Waals surface area contributed by atoms with E-state index in [0.29, 0.717) is 19.3 Å². The van der Waals surface area contributed by atoms with Gasteiger partial charge in [0.2, 0.25) is 0 Å². The predicted octanol–water partition coefficient (Wildman–Crippen LogP) is 24.9. The minimum absolute atomic E-state index is 0.0687. The molecule has 0 saturated heterocycles. The van der Waals surface area contributed by atoms with E-state index in [1.807, 2.05) is 0 Å². The van der Waals surface area contributed by atoms with Gasteiger partial charge in [-0.3, -0.25) is 14.4 Å². The highest BCUT2D eigenvalue weighted by atomic mass is 16.6. The lowest BCUT2D eigenvalue weighted by atomic mass is 10.0. The van der Waals surface area contributed by atoms with Crippen LogP contribution in [0, 0.1) is 0 Å². The van der Waals surface area contributed by atoms with Crippen LogP contribution in [-0.4, -0.2) is 37.2 Å². The molecule has 0 N–H and O–H groups in total. The average Bonchev–Trinajstić information content (AvgIpc) is 3.47. The summed E-state index contributed by atoms with van der Waals surface area (Å²) < 4.78 is 16.8. The van der Waals surface area contributed by atoms with E-state index in [1.54, 1.807) is 0 Å². The summed E-state index contributed by atoms with van der Waals surface area (Å²) in [5.41, 5.74) is 0. The third-order valence-electron chi connectivity index (χ3n) is 16.3. The van der Waals surface area contributed by atoms with E-state index in [1.165, 1.54) is 276 Å². The summed E-state index contributed by atoms with van der Waals surface area (Å²) in [6.45, 7) is 6.61. The van der Waals surface area contributed by atoms with Crippen LogP contribution in [-0.2, 0) is 28.6 Å². The molecular formula is C75H138O6. The lowest BCUT2D eigenvalue weighted by molar-refractivity contribution is -0.167. The Morgan fingerprint density at radius 1 is 0.247 bits per heavy atom. The van der Waals surface area contributed by atoms with Gasteiger partial charge < -0.3 is 14.2 Å². The summed E-state index contributed by atoms with van der Waals surface area (Å²) in [6.07, 6.45) is 89.2. The van der Waals surface area contributed by atoms with Crippen LogP contribution in [0.1, 0.15) is 393 Å². The van der Waals surface area contributed by atoms with Crippen molar-refractivity contribution in [1.29, 1.82) is 0 Å². The molecule has 0 aliphatic rings. The van der Waals surface area contributed by atoms with Crippen LogP contribution < -0.4 is 0 Å². The predicted molar refractivity (Wildman–Crippen MR) is 353 cm³/mol. The van der Waals surface area contributed by atoms with Gasteiger partial charge in [-0.25, -0.2) is 0 Å². The summed E-state index contributed by atoms with van der Waals surface area (Å²) in [5, 5.41) is 0. The van der Waals surface area contributed by atoms with Crippen molar-refractivity contribution >= 4 is 17.9 Å². The molecule has 0 heterocycles. The Morgan fingerprint density at radius 2 is 0.444 bits per heavy atom. The molecule has 0 fully saturated rings. The van der Waals surface area contributed by atoms with Gasteiger partial charge in [-0.15, -0.1) is 0 Å². The average molecular weight is 1140 g/mol. The molecule has 81 heavy (non-hydrogen) atoms. The zero-order valence-electron chi connectivity index (χ0n) is 54.6.